The highest BCUT2D eigenvalue weighted by Crippen LogP contribution is 2.43. The zero-order valence-electron chi connectivity index (χ0n) is 9.51. The second-order valence-electron chi connectivity index (χ2n) is 4.45. The lowest BCUT2D eigenvalue weighted by Crippen LogP contribution is -2.46. The molecule has 0 atom stereocenters. The van der Waals surface area contributed by atoms with Crippen molar-refractivity contribution in [3.63, 3.8) is 0 Å². The third kappa shape index (κ3) is 1.93. The first-order valence-electron chi connectivity index (χ1n) is 5.33. The predicted octanol–water partition coefficient (Wildman–Crippen LogP) is 0.392. The van der Waals surface area contributed by atoms with Gasteiger partial charge in [-0.25, -0.2) is 13.4 Å². The number of nitrogens with zero attached hydrogens (tertiary/aromatic N) is 1. The number of rotatable bonds is 3. The van der Waals surface area contributed by atoms with Crippen LogP contribution in [0, 0.1) is 0 Å². The number of primary amides is 1. The maximum absolute atomic E-state index is 11.5. The standard InChI is InChI=1S/C11H14N2O3S/c1-17(15,16)9-7-8(3-6-13-9)11(10(12)14)4-2-5-11/h3,6-7H,2,4-5H2,1H3,(H2,12,14). The molecule has 0 bridgehead atoms. The highest BCUT2D eigenvalue weighted by atomic mass is 32.2. The quantitative estimate of drug-likeness (QED) is 0.845. The van der Waals surface area contributed by atoms with Gasteiger partial charge in [-0.15, -0.1) is 0 Å². The van der Waals surface area contributed by atoms with Crippen molar-refractivity contribution >= 4 is 15.7 Å². The van der Waals surface area contributed by atoms with Crippen molar-refractivity contribution in [1.82, 2.24) is 4.98 Å². The molecule has 6 heteroatoms. The minimum Gasteiger partial charge on any atom is -0.369 e. The van der Waals surface area contributed by atoms with Crippen molar-refractivity contribution in [2.45, 2.75) is 29.7 Å². The van der Waals surface area contributed by atoms with Crippen LogP contribution >= 0.6 is 0 Å². The van der Waals surface area contributed by atoms with Crippen molar-refractivity contribution in [3.05, 3.63) is 23.9 Å². The third-order valence-electron chi connectivity index (χ3n) is 3.35. The lowest BCUT2D eigenvalue weighted by Gasteiger charge is -2.39. The van der Waals surface area contributed by atoms with Gasteiger partial charge in [0.1, 0.15) is 0 Å². The molecule has 1 aliphatic rings. The predicted molar refractivity (Wildman–Crippen MR) is 62.1 cm³/mol. The van der Waals surface area contributed by atoms with Gasteiger partial charge < -0.3 is 5.73 Å². The maximum Gasteiger partial charge on any atom is 0.228 e. The Labute approximate surface area is 100.0 Å². The van der Waals surface area contributed by atoms with E-state index < -0.39 is 21.2 Å². The maximum atomic E-state index is 11.5. The molecule has 5 nitrogen and oxygen atoms in total. The van der Waals surface area contributed by atoms with Crippen LogP contribution < -0.4 is 5.73 Å². The first-order valence-corrected chi connectivity index (χ1v) is 7.22. The minimum atomic E-state index is -3.36. The highest BCUT2D eigenvalue weighted by Gasteiger charge is 2.44. The van der Waals surface area contributed by atoms with Gasteiger partial charge in [0.2, 0.25) is 5.91 Å². The number of amides is 1. The Hall–Kier alpha value is -1.43. The summed E-state index contributed by atoms with van der Waals surface area (Å²) in [5.74, 6) is -0.394. The third-order valence-corrected chi connectivity index (χ3v) is 4.33. The molecule has 0 radical (unpaired) electrons. The Bertz CT molecular complexity index is 562. The van der Waals surface area contributed by atoms with Crippen LogP contribution in [0.1, 0.15) is 24.8 Å². The van der Waals surface area contributed by atoms with Gasteiger partial charge in [0.15, 0.2) is 14.9 Å². The second-order valence-corrected chi connectivity index (χ2v) is 6.42. The molecule has 1 aromatic rings. The van der Waals surface area contributed by atoms with Crippen LogP contribution in [0.15, 0.2) is 23.4 Å². The van der Waals surface area contributed by atoms with Gasteiger partial charge in [-0.3, -0.25) is 4.79 Å². The summed E-state index contributed by atoms with van der Waals surface area (Å²) in [7, 11) is -3.36. The molecule has 0 spiro atoms. The Morgan fingerprint density at radius 2 is 2.12 bits per heavy atom. The molecule has 0 saturated heterocycles. The van der Waals surface area contributed by atoms with E-state index in [0.29, 0.717) is 18.4 Å². The number of pyridine rings is 1. The normalized spacial score (nSPS) is 18.4. The Morgan fingerprint density at radius 3 is 2.53 bits per heavy atom. The summed E-state index contributed by atoms with van der Waals surface area (Å²) in [6, 6.07) is 3.12. The molecule has 1 heterocycles. The summed E-state index contributed by atoms with van der Waals surface area (Å²) in [5.41, 5.74) is 5.38. The van der Waals surface area contributed by atoms with Crippen LogP contribution in [-0.2, 0) is 20.0 Å². The molecule has 1 amide bonds. The van der Waals surface area contributed by atoms with E-state index >= 15 is 0 Å². The Kier molecular flexibility index (Phi) is 2.69. The molecule has 2 rings (SSSR count). The van der Waals surface area contributed by atoms with Crippen LogP contribution in [0.2, 0.25) is 0 Å². The van der Waals surface area contributed by atoms with Crippen molar-refractivity contribution in [1.29, 1.82) is 0 Å². The molecule has 2 N–H and O–H groups in total. The zero-order chi connectivity index (χ0) is 12.7. The summed E-state index contributed by atoms with van der Waals surface area (Å²) in [6.45, 7) is 0. The largest absolute Gasteiger partial charge is 0.369 e. The van der Waals surface area contributed by atoms with Crippen LogP contribution in [0.3, 0.4) is 0 Å². The summed E-state index contributed by atoms with van der Waals surface area (Å²) >= 11 is 0. The number of carbonyl (C=O) groups is 1. The zero-order valence-corrected chi connectivity index (χ0v) is 10.3. The fourth-order valence-corrected chi connectivity index (χ4v) is 2.71. The van der Waals surface area contributed by atoms with Gasteiger partial charge in [-0.05, 0) is 30.5 Å². The van der Waals surface area contributed by atoms with Crippen LogP contribution in [0.5, 0.6) is 0 Å². The van der Waals surface area contributed by atoms with Gasteiger partial charge in [-0.2, -0.15) is 0 Å². The Morgan fingerprint density at radius 1 is 1.47 bits per heavy atom. The molecule has 1 saturated carbocycles. The van der Waals surface area contributed by atoms with Gasteiger partial charge in [0.05, 0.1) is 5.41 Å². The fourth-order valence-electron chi connectivity index (χ4n) is 2.12. The number of nitrogens with two attached hydrogens (primary N) is 1. The van der Waals surface area contributed by atoms with Crippen molar-refractivity contribution in [2.24, 2.45) is 5.73 Å². The molecule has 0 unspecified atom stereocenters. The molecule has 1 aromatic heterocycles. The number of hydrogen-bond donors (Lipinski definition) is 1. The number of sulfone groups is 1. The summed E-state index contributed by atoms with van der Waals surface area (Å²) in [4.78, 5) is 15.3. The fraction of sp³-hybridized carbons (Fsp3) is 0.455. The van der Waals surface area contributed by atoms with Gasteiger partial charge in [0.25, 0.3) is 0 Å². The number of aromatic nitrogens is 1. The van der Waals surface area contributed by atoms with E-state index in [1.54, 1.807) is 6.07 Å². The van der Waals surface area contributed by atoms with E-state index in [-0.39, 0.29) is 5.03 Å². The summed E-state index contributed by atoms with van der Waals surface area (Å²) in [5, 5.41) is -0.0116. The topological polar surface area (TPSA) is 90.1 Å². The second kappa shape index (κ2) is 3.80. The first-order chi connectivity index (χ1) is 7.86. The number of hydrogen-bond acceptors (Lipinski definition) is 4. The van der Waals surface area contributed by atoms with Crippen LogP contribution in [0.4, 0.5) is 0 Å². The molecular weight excluding hydrogens is 240 g/mol. The molecule has 1 aliphatic carbocycles. The smallest absolute Gasteiger partial charge is 0.228 e. The minimum absolute atomic E-state index is 0.0116. The van der Waals surface area contributed by atoms with Crippen LogP contribution in [-0.4, -0.2) is 25.6 Å². The van der Waals surface area contributed by atoms with E-state index in [2.05, 4.69) is 4.98 Å². The van der Waals surface area contributed by atoms with Crippen molar-refractivity contribution in [3.8, 4) is 0 Å². The van der Waals surface area contributed by atoms with E-state index in [1.807, 2.05) is 0 Å². The summed E-state index contributed by atoms with van der Waals surface area (Å²) in [6.07, 6.45) is 4.79. The van der Waals surface area contributed by atoms with Crippen LogP contribution in [0.25, 0.3) is 0 Å². The summed E-state index contributed by atoms with van der Waals surface area (Å²) < 4.78 is 22.8. The molecule has 1 fully saturated rings. The average molecular weight is 254 g/mol. The molecule has 92 valence electrons. The number of carbonyl (C=O) groups excluding carboxylic acids is 1. The molecular formula is C11H14N2O3S. The molecule has 0 aliphatic heterocycles. The average Bonchev–Trinajstić information content (AvgIpc) is 2.14. The highest BCUT2D eigenvalue weighted by molar-refractivity contribution is 7.90. The van der Waals surface area contributed by atoms with E-state index in [4.69, 9.17) is 5.73 Å². The van der Waals surface area contributed by atoms with Gasteiger partial charge >= 0.3 is 0 Å². The van der Waals surface area contributed by atoms with E-state index in [0.717, 1.165) is 12.7 Å². The van der Waals surface area contributed by atoms with Crippen molar-refractivity contribution in [2.75, 3.05) is 6.26 Å². The van der Waals surface area contributed by atoms with Crippen molar-refractivity contribution < 1.29 is 13.2 Å². The SMILES string of the molecule is CS(=O)(=O)c1cc(C2(C(N)=O)CCC2)ccn1. The lowest BCUT2D eigenvalue weighted by molar-refractivity contribution is -0.126. The molecule has 0 aromatic carbocycles. The van der Waals surface area contributed by atoms with E-state index in [9.17, 15) is 13.2 Å². The van der Waals surface area contributed by atoms with Gasteiger partial charge in [0, 0.05) is 12.5 Å². The van der Waals surface area contributed by atoms with E-state index in [1.165, 1.54) is 12.3 Å². The Balaban J connectivity index is 2.50. The first kappa shape index (κ1) is 12.0. The van der Waals surface area contributed by atoms with Gasteiger partial charge in [-0.1, -0.05) is 6.42 Å². The molecule has 17 heavy (non-hydrogen) atoms. The monoisotopic (exact) mass is 254 g/mol. The lowest BCUT2D eigenvalue weighted by atomic mass is 9.64.